The van der Waals surface area contributed by atoms with E-state index in [1.54, 1.807) is 17.5 Å². The lowest BCUT2D eigenvalue weighted by atomic mass is 9.95. The Morgan fingerprint density at radius 2 is 2.06 bits per heavy atom. The van der Waals surface area contributed by atoms with E-state index in [0.29, 0.717) is 4.21 Å². The zero-order chi connectivity index (χ0) is 13.0. The van der Waals surface area contributed by atoms with E-state index >= 15 is 0 Å². The van der Waals surface area contributed by atoms with Gasteiger partial charge < -0.3 is 5.11 Å². The van der Waals surface area contributed by atoms with E-state index in [1.807, 2.05) is 0 Å². The van der Waals surface area contributed by atoms with Crippen LogP contribution in [-0.2, 0) is 10.0 Å². The Kier molecular flexibility index (Phi) is 4.77. The van der Waals surface area contributed by atoms with Gasteiger partial charge in [0.05, 0.1) is 6.61 Å². The van der Waals surface area contributed by atoms with E-state index in [4.69, 9.17) is 5.11 Å². The highest BCUT2D eigenvalue weighted by Crippen LogP contribution is 2.29. The summed E-state index contributed by atoms with van der Waals surface area (Å²) in [6, 6.07) is 3.43. The molecule has 102 valence electrons. The van der Waals surface area contributed by atoms with Crippen molar-refractivity contribution in [1.29, 1.82) is 0 Å². The number of aliphatic hydroxyl groups is 1. The third-order valence-corrected chi connectivity index (χ3v) is 6.69. The predicted molar refractivity (Wildman–Crippen MR) is 72.2 cm³/mol. The SMILES string of the molecule is O=S(=O)(c1cccs1)N(CCO)C1CCCCC1. The van der Waals surface area contributed by atoms with Gasteiger partial charge in [0.1, 0.15) is 4.21 Å². The van der Waals surface area contributed by atoms with E-state index in [-0.39, 0.29) is 19.2 Å². The average molecular weight is 289 g/mol. The molecule has 1 aromatic rings. The molecule has 2 rings (SSSR count). The van der Waals surface area contributed by atoms with Crippen LogP contribution in [0, 0.1) is 0 Å². The fourth-order valence-corrected chi connectivity index (χ4v) is 5.29. The van der Waals surface area contributed by atoms with Crippen LogP contribution in [0.25, 0.3) is 0 Å². The van der Waals surface area contributed by atoms with Crippen molar-refractivity contribution in [2.75, 3.05) is 13.2 Å². The summed E-state index contributed by atoms with van der Waals surface area (Å²) in [7, 11) is -3.43. The first-order chi connectivity index (χ1) is 8.66. The van der Waals surface area contributed by atoms with Gasteiger partial charge in [-0.05, 0) is 24.3 Å². The van der Waals surface area contributed by atoms with E-state index in [1.165, 1.54) is 22.1 Å². The lowest BCUT2D eigenvalue weighted by Gasteiger charge is -2.32. The van der Waals surface area contributed by atoms with Gasteiger partial charge in [-0.25, -0.2) is 8.42 Å². The number of hydrogen-bond donors (Lipinski definition) is 1. The van der Waals surface area contributed by atoms with Crippen LogP contribution in [0.15, 0.2) is 21.7 Å². The third kappa shape index (κ3) is 2.93. The van der Waals surface area contributed by atoms with E-state index in [2.05, 4.69) is 0 Å². The zero-order valence-electron chi connectivity index (χ0n) is 10.3. The molecule has 1 aliphatic carbocycles. The number of thiophene rings is 1. The summed E-state index contributed by atoms with van der Waals surface area (Å²) in [4.78, 5) is 0. The number of aliphatic hydroxyl groups excluding tert-OH is 1. The molecule has 0 amide bonds. The molecule has 1 fully saturated rings. The molecule has 0 spiro atoms. The van der Waals surface area contributed by atoms with Gasteiger partial charge in [-0.3, -0.25) is 0 Å². The molecule has 0 aliphatic heterocycles. The Labute approximate surface area is 112 Å². The molecule has 0 radical (unpaired) electrons. The number of rotatable bonds is 5. The summed E-state index contributed by atoms with van der Waals surface area (Å²) >= 11 is 1.24. The molecule has 0 bridgehead atoms. The van der Waals surface area contributed by atoms with Crippen molar-refractivity contribution in [3.63, 3.8) is 0 Å². The van der Waals surface area contributed by atoms with Crippen LogP contribution in [0.4, 0.5) is 0 Å². The number of sulfonamides is 1. The van der Waals surface area contributed by atoms with Gasteiger partial charge >= 0.3 is 0 Å². The molecule has 18 heavy (non-hydrogen) atoms. The van der Waals surface area contributed by atoms with Crippen molar-refractivity contribution < 1.29 is 13.5 Å². The third-order valence-electron chi connectivity index (χ3n) is 3.36. The summed E-state index contributed by atoms with van der Waals surface area (Å²) in [5, 5.41) is 10.9. The molecule has 1 saturated carbocycles. The molecule has 1 heterocycles. The Morgan fingerprint density at radius 3 is 2.61 bits per heavy atom. The maximum absolute atomic E-state index is 12.5. The molecule has 0 saturated heterocycles. The van der Waals surface area contributed by atoms with Crippen LogP contribution >= 0.6 is 11.3 Å². The fourth-order valence-electron chi connectivity index (χ4n) is 2.49. The zero-order valence-corrected chi connectivity index (χ0v) is 11.9. The van der Waals surface area contributed by atoms with Gasteiger partial charge in [0.25, 0.3) is 10.0 Å². The molecule has 1 N–H and O–H groups in total. The monoisotopic (exact) mass is 289 g/mol. The molecule has 0 unspecified atom stereocenters. The quantitative estimate of drug-likeness (QED) is 0.902. The molecular weight excluding hydrogens is 270 g/mol. The summed E-state index contributed by atoms with van der Waals surface area (Å²) in [6.45, 7) is 0.0754. The van der Waals surface area contributed by atoms with Crippen LogP contribution in [0.5, 0.6) is 0 Å². The van der Waals surface area contributed by atoms with Crippen LogP contribution in [0.2, 0.25) is 0 Å². The second-order valence-electron chi connectivity index (χ2n) is 4.56. The topological polar surface area (TPSA) is 57.6 Å². The Bertz CT molecular complexity index is 450. The van der Waals surface area contributed by atoms with Crippen molar-refractivity contribution in [2.24, 2.45) is 0 Å². The van der Waals surface area contributed by atoms with Crippen LogP contribution in [-0.4, -0.2) is 37.0 Å². The Hall–Kier alpha value is -0.430. The van der Waals surface area contributed by atoms with Crippen molar-refractivity contribution in [1.82, 2.24) is 4.31 Å². The maximum atomic E-state index is 12.5. The van der Waals surface area contributed by atoms with Crippen LogP contribution in [0.1, 0.15) is 32.1 Å². The number of hydrogen-bond acceptors (Lipinski definition) is 4. The standard InChI is InChI=1S/C12H19NO3S2/c14-9-8-13(11-5-2-1-3-6-11)18(15,16)12-7-4-10-17-12/h4,7,10-11,14H,1-3,5-6,8-9H2. The lowest BCUT2D eigenvalue weighted by Crippen LogP contribution is -2.42. The molecular formula is C12H19NO3S2. The van der Waals surface area contributed by atoms with Gasteiger partial charge in [0, 0.05) is 12.6 Å². The maximum Gasteiger partial charge on any atom is 0.252 e. The first-order valence-corrected chi connectivity index (χ1v) is 8.64. The normalized spacial score (nSPS) is 18.3. The molecule has 1 aromatic heterocycles. The second-order valence-corrected chi connectivity index (χ2v) is 7.63. The minimum atomic E-state index is -3.43. The summed E-state index contributed by atoms with van der Waals surface area (Å²) in [5.41, 5.74) is 0. The highest BCUT2D eigenvalue weighted by Gasteiger charge is 2.32. The van der Waals surface area contributed by atoms with E-state index < -0.39 is 10.0 Å². The summed E-state index contributed by atoms with van der Waals surface area (Å²) in [5.74, 6) is 0. The molecule has 6 heteroatoms. The minimum Gasteiger partial charge on any atom is -0.395 e. The Balaban J connectivity index is 2.23. The van der Waals surface area contributed by atoms with Gasteiger partial charge in [-0.1, -0.05) is 25.3 Å². The van der Waals surface area contributed by atoms with Crippen molar-refractivity contribution in [3.05, 3.63) is 17.5 Å². The Morgan fingerprint density at radius 1 is 1.33 bits per heavy atom. The highest BCUT2D eigenvalue weighted by atomic mass is 32.2. The predicted octanol–water partition coefficient (Wildman–Crippen LogP) is 2.06. The van der Waals surface area contributed by atoms with Crippen molar-refractivity contribution >= 4 is 21.4 Å². The minimum absolute atomic E-state index is 0.0537. The largest absolute Gasteiger partial charge is 0.395 e. The smallest absolute Gasteiger partial charge is 0.252 e. The molecule has 0 aromatic carbocycles. The van der Waals surface area contributed by atoms with E-state index in [9.17, 15) is 8.42 Å². The van der Waals surface area contributed by atoms with Gasteiger partial charge in [0.2, 0.25) is 0 Å². The van der Waals surface area contributed by atoms with Crippen molar-refractivity contribution in [2.45, 2.75) is 42.4 Å². The van der Waals surface area contributed by atoms with Crippen LogP contribution < -0.4 is 0 Å². The fraction of sp³-hybridized carbons (Fsp3) is 0.667. The van der Waals surface area contributed by atoms with Gasteiger partial charge in [-0.2, -0.15) is 4.31 Å². The molecule has 1 aliphatic rings. The first kappa shape index (κ1) is 14.0. The van der Waals surface area contributed by atoms with Crippen LogP contribution in [0.3, 0.4) is 0 Å². The molecule has 4 nitrogen and oxygen atoms in total. The average Bonchev–Trinajstić information content (AvgIpc) is 2.91. The second kappa shape index (κ2) is 6.14. The van der Waals surface area contributed by atoms with E-state index in [0.717, 1.165) is 25.7 Å². The van der Waals surface area contributed by atoms with Crippen molar-refractivity contribution in [3.8, 4) is 0 Å². The molecule has 0 atom stereocenters. The number of nitrogens with zero attached hydrogens (tertiary/aromatic N) is 1. The highest BCUT2D eigenvalue weighted by molar-refractivity contribution is 7.91. The summed E-state index contributed by atoms with van der Waals surface area (Å²) in [6.07, 6.45) is 5.15. The van der Waals surface area contributed by atoms with Gasteiger partial charge in [-0.15, -0.1) is 11.3 Å². The lowest BCUT2D eigenvalue weighted by molar-refractivity contribution is 0.199. The summed E-state index contributed by atoms with van der Waals surface area (Å²) < 4.78 is 26.9. The van der Waals surface area contributed by atoms with Gasteiger partial charge in [0.15, 0.2) is 0 Å². The first-order valence-electron chi connectivity index (χ1n) is 6.32.